The van der Waals surface area contributed by atoms with Crippen LogP contribution in [0.2, 0.25) is 0 Å². The van der Waals surface area contributed by atoms with Crippen LogP contribution in [0.15, 0.2) is 48.7 Å². The van der Waals surface area contributed by atoms with E-state index in [0.29, 0.717) is 6.04 Å². The first-order chi connectivity index (χ1) is 10.6. The lowest BCUT2D eigenvalue weighted by atomic mass is 9.99. The van der Waals surface area contributed by atoms with Crippen molar-refractivity contribution in [3.05, 3.63) is 70.9 Å². The lowest BCUT2D eigenvalue weighted by Gasteiger charge is -2.16. The molecule has 0 fully saturated rings. The van der Waals surface area contributed by atoms with Gasteiger partial charge >= 0.3 is 0 Å². The highest BCUT2D eigenvalue weighted by molar-refractivity contribution is 5.82. The zero-order valence-electron chi connectivity index (χ0n) is 13.6. The molecule has 2 aromatic carbocycles. The summed E-state index contributed by atoms with van der Waals surface area (Å²) in [5.41, 5.74) is 6.72. The maximum Gasteiger partial charge on any atom is 0.0457 e. The molecule has 0 saturated heterocycles. The van der Waals surface area contributed by atoms with Crippen LogP contribution >= 0.6 is 0 Å². The molecule has 22 heavy (non-hydrogen) atoms. The number of fused-ring (bicyclic) bond motifs is 1. The van der Waals surface area contributed by atoms with Crippen LogP contribution in [0.5, 0.6) is 0 Å². The van der Waals surface area contributed by atoms with Crippen molar-refractivity contribution in [3.63, 3.8) is 0 Å². The predicted octanol–water partition coefficient (Wildman–Crippen LogP) is 4.51. The van der Waals surface area contributed by atoms with Crippen molar-refractivity contribution >= 4 is 10.9 Å². The van der Waals surface area contributed by atoms with Crippen molar-refractivity contribution in [2.75, 3.05) is 0 Å². The highest BCUT2D eigenvalue weighted by Gasteiger charge is 2.07. The molecule has 0 amide bonds. The minimum Gasteiger partial charge on any atom is -0.361 e. The Morgan fingerprint density at radius 1 is 1.05 bits per heavy atom. The first-order valence-electron chi connectivity index (χ1n) is 7.98. The third kappa shape index (κ3) is 3.23. The van der Waals surface area contributed by atoms with Crippen molar-refractivity contribution in [2.24, 2.45) is 0 Å². The van der Waals surface area contributed by atoms with Gasteiger partial charge < -0.3 is 10.3 Å². The smallest absolute Gasteiger partial charge is 0.0457 e. The van der Waals surface area contributed by atoms with Crippen molar-refractivity contribution in [1.82, 2.24) is 10.3 Å². The van der Waals surface area contributed by atoms with E-state index in [1.54, 1.807) is 0 Å². The number of aryl methyl sites for hydroxylation is 2. The number of benzene rings is 2. The highest BCUT2D eigenvalue weighted by atomic mass is 14.9. The summed E-state index contributed by atoms with van der Waals surface area (Å²) in [6.45, 7) is 7.52. The second-order valence-electron chi connectivity index (χ2n) is 6.27. The SMILES string of the molecule is Cc1ccc(CC(C)NCc2cccc3[nH]ccc23)c(C)c1. The largest absolute Gasteiger partial charge is 0.361 e. The van der Waals surface area contributed by atoms with Gasteiger partial charge in [-0.2, -0.15) is 0 Å². The van der Waals surface area contributed by atoms with Gasteiger partial charge in [0, 0.05) is 29.7 Å². The minimum atomic E-state index is 0.454. The summed E-state index contributed by atoms with van der Waals surface area (Å²) in [5.74, 6) is 0. The molecule has 1 unspecified atom stereocenters. The Labute approximate surface area is 132 Å². The number of aromatic nitrogens is 1. The quantitative estimate of drug-likeness (QED) is 0.711. The lowest BCUT2D eigenvalue weighted by Crippen LogP contribution is -2.27. The van der Waals surface area contributed by atoms with Crippen molar-refractivity contribution in [3.8, 4) is 0 Å². The molecule has 3 aromatic rings. The van der Waals surface area contributed by atoms with Crippen molar-refractivity contribution in [1.29, 1.82) is 0 Å². The van der Waals surface area contributed by atoms with Gasteiger partial charge in [0.2, 0.25) is 0 Å². The molecule has 1 aromatic heterocycles. The molecular weight excluding hydrogens is 268 g/mol. The molecule has 114 valence electrons. The number of H-pyrrole nitrogens is 1. The molecule has 2 heteroatoms. The van der Waals surface area contributed by atoms with Crippen LogP contribution in [0.3, 0.4) is 0 Å². The molecule has 0 aliphatic rings. The van der Waals surface area contributed by atoms with E-state index in [4.69, 9.17) is 0 Å². The molecule has 1 heterocycles. The van der Waals surface area contributed by atoms with Gasteiger partial charge in [-0.05, 0) is 56.0 Å². The van der Waals surface area contributed by atoms with Gasteiger partial charge in [-0.25, -0.2) is 0 Å². The first-order valence-corrected chi connectivity index (χ1v) is 7.98. The number of hydrogen-bond acceptors (Lipinski definition) is 1. The minimum absolute atomic E-state index is 0.454. The molecule has 0 saturated carbocycles. The average molecular weight is 292 g/mol. The van der Waals surface area contributed by atoms with Gasteiger partial charge in [0.25, 0.3) is 0 Å². The van der Waals surface area contributed by atoms with Gasteiger partial charge in [-0.3, -0.25) is 0 Å². The van der Waals surface area contributed by atoms with Gasteiger partial charge in [0.05, 0.1) is 0 Å². The summed E-state index contributed by atoms with van der Waals surface area (Å²) in [6.07, 6.45) is 3.07. The fraction of sp³-hybridized carbons (Fsp3) is 0.300. The molecule has 0 bridgehead atoms. The average Bonchev–Trinajstić information content (AvgIpc) is 2.97. The van der Waals surface area contributed by atoms with E-state index in [-0.39, 0.29) is 0 Å². The number of nitrogens with one attached hydrogen (secondary N) is 2. The van der Waals surface area contributed by atoms with Crippen LogP contribution in [-0.2, 0) is 13.0 Å². The predicted molar refractivity (Wildman–Crippen MR) is 94.2 cm³/mol. The van der Waals surface area contributed by atoms with E-state index in [2.05, 4.69) is 73.5 Å². The standard InChI is InChI=1S/C20H24N2/c1-14-7-8-17(15(2)11-14)12-16(3)22-13-18-5-4-6-20-19(18)9-10-21-20/h4-11,16,21-22H,12-13H2,1-3H3. The molecule has 0 spiro atoms. The van der Waals surface area contributed by atoms with Crippen molar-refractivity contribution in [2.45, 2.75) is 39.8 Å². The van der Waals surface area contributed by atoms with Crippen LogP contribution in [0.1, 0.15) is 29.2 Å². The molecule has 1 atom stereocenters. The maximum absolute atomic E-state index is 3.66. The van der Waals surface area contributed by atoms with Gasteiger partial charge in [-0.1, -0.05) is 35.9 Å². The van der Waals surface area contributed by atoms with Crippen LogP contribution in [0, 0.1) is 13.8 Å². The molecular formula is C20H24N2. The summed E-state index contributed by atoms with van der Waals surface area (Å²) in [6, 6.07) is 15.8. The van der Waals surface area contributed by atoms with Crippen LogP contribution in [0.4, 0.5) is 0 Å². The summed E-state index contributed by atoms with van der Waals surface area (Å²) < 4.78 is 0. The maximum atomic E-state index is 3.66. The first kappa shape index (κ1) is 14.9. The van der Waals surface area contributed by atoms with E-state index in [1.165, 1.54) is 33.2 Å². The third-order valence-corrected chi connectivity index (χ3v) is 4.35. The molecule has 2 nitrogen and oxygen atoms in total. The zero-order valence-corrected chi connectivity index (χ0v) is 13.6. The van der Waals surface area contributed by atoms with E-state index >= 15 is 0 Å². The number of hydrogen-bond donors (Lipinski definition) is 2. The van der Waals surface area contributed by atoms with Gasteiger partial charge in [0.1, 0.15) is 0 Å². The Bertz CT molecular complexity index is 770. The summed E-state index contributed by atoms with van der Waals surface area (Å²) in [4.78, 5) is 3.27. The topological polar surface area (TPSA) is 27.8 Å². The highest BCUT2D eigenvalue weighted by Crippen LogP contribution is 2.18. The third-order valence-electron chi connectivity index (χ3n) is 4.35. The van der Waals surface area contributed by atoms with Crippen LogP contribution in [-0.4, -0.2) is 11.0 Å². The fourth-order valence-corrected chi connectivity index (χ4v) is 3.07. The second-order valence-corrected chi connectivity index (χ2v) is 6.27. The van der Waals surface area contributed by atoms with Gasteiger partial charge in [-0.15, -0.1) is 0 Å². The Balaban J connectivity index is 1.65. The molecule has 0 aliphatic heterocycles. The fourth-order valence-electron chi connectivity index (χ4n) is 3.07. The summed E-state index contributed by atoms with van der Waals surface area (Å²) in [5, 5.41) is 4.97. The van der Waals surface area contributed by atoms with Crippen LogP contribution in [0.25, 0.3) is 10.9 Å². The Morgan fingerprint density at radius 2 is 1.91 bits per heavy atom. The molecule has 0 aliphatic carbocycles. The summed E-state index contributed by atoms with van der Waals surface area (Å²) >= 11 is 0. The van der Waals surface area contributed by atoms with Crippen molar-refractivity contribution < 1.29 is 0 Å². The van der Waals surface area contributed by atoms with E-state index < -0.39 is 0 Å². The van der Waals surface area contributed by atoms with E-state index in [9.17, 15) is 0 Å². The molecule has 2 N–H and O–H groups in total. The summed E-state index contributed by atoms with van der Waals surface area (Å²) in [7, 11) is 0. The monoisotopic (exact) mass is 292 g/mol. The molecule has 0 radical (unpaired) electrons. The zero-order chi connectivity index (χ0) is 15.5. The van der Waals surface area contributed by atoms with Gasteiger partial charge in [0.15, 0.2) is 0 Å². The molecule has 3 rings (SSSR count). The normalized spacial score (nSPS) is 12.7. The second kappa shape index (κ2) is 6.37. The van der Waals surface area contributed by atoms with E-state index in [1.807, 2.05) is 6.20 Å². The Hall–Kier alpha value is -2.06. The Kier molecular flexibility index (Phi) is 4.30. The number of aromatic amines is 1. The lowest BCUT2D eigenvalue weighted by molar-refractivity contribution is 0.546. The number of rotatable bonds is 5. The van der Waals surface area contributed by atoms with E-state index in [0.717, 1.165) is 13.0 Å². The van der Waals surface area contributed by atoms with Crippen LogP contribution < -0.4 is 5.32 Å². The Morgan fingerprint density at radius 3 is 2.73 bits per heavy atom.